The van der Waals surface area contributed by atoms with Gasteiger partial charge in [-0.15, -0.1) is 11.6 Å². The fourth-order valence-corrected chi connectivity index (χ4v) is 3.06. The second-order valence-corrected chi connectivity index (χ2v) is 5.71. The highest BCUT2D eigenvalue weighted by Crippen LogP contribution is 2.30. The van der Waals surface area contributed by atoms with Crippen LogP contribution in [0.15, 0.2) is 24.3 Å². The lowest BCUT2D eigenvalue weighted by Crippen LogP contribution is -2.46. The van der Waals surface area contributed by atoms with Crippen LogP contribution in [0, 0.1) is 0 Å². The molecule has 1 fully saturated rings. The van der Waals surface area contributed by atoms with Crippen LogP contribution in [0.3, 0.4) is 0 Å². The van der Waals surface area contributed by atoms with E-state index in [0.29, 0.717) is 0 Å². The molecule has 4 heteroatoms. The van der Waals surface area contributed by atoms with E-state index in [1.807, 2.05) is 24.3 Å². The summed E-state index contributed by atoms with van der Waals surface area (Å²) in [6.07, 6.45) is 0.538. The molecule has 3 unspecified atom stereocenters. The number of hydrogen-bond acceptors (Lipinski definition) is 3. The standard InChI is InChI=1S/C15H22ClNO2/c1-11-8-17(9-12(2)19-11)10-14(16)13-6-4-5-7-15(13)18-3/h4-7,11-12,14H,8-10H2,1-3H3. The van der Waals surface area contributed by atoms with Crippen molar-refractivity contribution in [2.45, 2.75) is 31.4 Å². The molecule has 0 bridgehead atoms. The van der Waals surface area contributed by atoms with Crippen LogP contribution in [0.1, 0.15) is 24.8 Å². The van der Waals surface area contributed by atoms with Crippen LogP contribution in [-0.4, -0.2) is 43.9 Å². The highest BCUT2D eigenvalue weighted by molar-refractivity contribution is 6.21. The highest BCUT2D eigenvalue weighted by Gasteiger charge is 2.25. The lowest BCUT2D eigenvalue weighted by molar-refractivity contribution is -0.0678. The van der Waals surface area contributed by atoms with Crippen LogP contribution in [0.4, 0.5) is 0 Å². The van der Waals surface area contributed by atoms with E-state index in [9.17, 15) is 0 Å². The third-order valence-electron chi connectivity index (χ3n) is 3.39. The fourth-order valence-electron chi connectivity index (χ4n) is 2.68. The van der Waals surface area contributed by atoms with E-state index in [1.165, 1.54) is 0 Å². The summed E-state index contributed by atoms with van der Waals surface area (Å²) in [5, 5.41) is -0.0614. The van der Waals surface area contributed by atoms with Crippen molar-refractivity contribution in [3.8, 4) is 5.75 Å². The molecule has 106 valence electrons. The minimum absolute atomic E-state index is 0.0614. The number of rotatable bonds is 4. The first kappa shape index (κ1) is 14.6. The van der Waals surface area contributed by atoms with E-state index < -0.39 is 0 Å². The number of hydrogen-bond donors (Lipinski definition) is 0. The first-order valence-corrected chi connectivity index (χ1v) is 7.18. The third-order valence-corrected chi connectivity index (χ3v) is 3.76. The maximum Gasteiger partial charge on any atom is 0.123 e. The zero-order chi connectivity index (χ0) is 13.8. The Kier molecular flexibility index (Phi) is 5.08. The number of alkyl halides is 1. The largest absolute Gasteiger partial charge is 0.496 e. The Morgan fingerprint density at radius 3 is 2.58 bits per heavy atom. The Morgan fingerprint density at radius 1 is 1.32 bits per heavy atom. The van der Waals surface area contributed by atoms with Gasteiger partial charge in [0.25, 0.3) is 0 Å². The van der Waals surface area contributed by atoms with Crippen molar-refractivity contribution in [3.05, 3.63) is 29.8 Å². The van der Waals surface area contributed by atoms with E-state index in [0.717, 1.165) is 30.9 Å². The molecular formula is C15H22ClNO2. The Balaban J connectivity index is 2.02. The minimum Gasteiger partial charge on any atom is -0.496 e. The predicted molar refractivity (Wildman–Crippen MR) is 78.0 cm³/mol. The van der Waals surface area contributed by atoms with Gasteiger partial charge in [0.2, 0.25) is 0 Å². The van der Waals surface area contributed by atoms with Crippen molar-refractivity contribution in [2.24, 2.45) is 0 Å². The molecule has 1 heterocycles. The van der Waals surface area contributed by atoms with Crippen molar-refractivity contribution >= 4 is 11.6 Å². The Morgan fingerprint density at radius 2 is 1.95 bits per heavy atom. The van der Waals surface area contributed by atoms with Crippen molar-refractivity contribution in [3.63, 3.8) is 0 Å². The van der Waals surface area contributed by atoms with E-state index in [4.69, 9.17) is 21.1 Å². The topological polar surface area (TPSA) is 21.7 Å². The van der Waals surface area contributed by atoms with Crippen molar-refractivity contribution in [1.82, 2.24) is 4.90 Å². The normalized spacial score (nSPS) is 26.1. The number of para-hydroxylation sites is 1. The van der Waals surface area contributed by atoms with Gasteiger partial charge in [0.05, 0.1) is 24.7 Å². The molecule has 0 radical (unpaired) electrons. The molecule has 1 aliphatic rings. The van der Waals surface area contributed by atoms with Gasteiger partial charge in [-0.2, -0.15) is 0 Å². The van der Waals surface area contributed by atoms with Crippen LogP contribution < -0.4 is 4.74 Å². The third kappa shape index (κ3) is 3.85. The van der Waals surface area contributed by atoms with Gasteiger partial charge in [0.1, 0.15) is 5.75 Å². The maximum atomic E-state index is 6.56. The van der Waals surface area contributed by atoms with Gasteiger partial charge in [-0.3, -0.25) is 4.90 Å². The first-order chi connectivity index (χ1) is 9.10. The molecule has 0 N–H and O–H groups in total. The summed E-state index contributed by atoms with van der Waals surface area (Å²) in [4.78, 5) is 2.36. The van der Waals surface area contributed by atoms with Gasteiger partial charge in [-0.1, -0.05) is 18.2 Å². The molecule has 0 aromatic heterocycles. The maximum absolute atomic E-state index is 6.56. The minimum atomic E-state index is -0.0614. The summed E-state index contributed by atoms with van der Waals surface area (Å²) < 4.78 is 11.1. The highest BCUT2D eigenvalue weighted by atomic mass is 35.5. The molecule has 0 spiro atoms. The monoisotopic (exact) mass is 283 g/mol. The second-order valence-electron chi connectivity index (χ2n) is 5.19. The molecule has 2 rings (SSSR count). The number of morpholine rings is 1. The molecule has 1 aromatic carbocycles. The van der Waals surface area contributed by atoms with Gasteiger partial charge < -0.3 is 9.47 Å². The van der Waals surface area contributed by atoms with Gasteiger partial charge in [0, 0.05) is 25.2 Å². The summed E-state index contributed by atoms with van der Waals surface area (Å²) in [5.41, 5.74) is 1.05. The quantitative estimate of drug-likeness (QED) is 0.793. The van der Waals surface area contributed by atoms with Gasteiger partial charge in [-0.25, -0.2) is 0 Å². The second kappa shape index (κ2) is 6.60. The summed E-state index contributed by atoms with van der Waals surface area (Å²) in [6.45, 7) is 6.90. The van der Waals surface area contributed by atoms with Crippen LogP contribution in [0.2, 0.25) is 0 Å². The Labute approximate surface area is 120 Å². The van der Waals surface area contributed by atoms with Gasteiger partial charge in [0.15, 0.2) is 0 Å². The van der Waals surface area contributed by atoms with Crippen LogP contribution in [-0.2, 0) is 4.74 Å². The molecule has 19 heavy (non-hydrogen) atoms. The lowest BCUT2D eigenvalue weighted by Gasteiger charge is -2.36. The molecule has 0 amide bonds. The van der Waals surface area contributed by atoms with Crippen LogP contribution in [0.25, 0.3) is 0 Å². The van der Waals surface area contributed by atoms with Gasteiger partial charge >= 0.3 is 0 Å². The molecular weight excluding hydrogens is 262 g/mol. The van der Waals surface area contributed by atoms with Crippen LogP contribution in [0.5, 0.6) is 5.75 Å². The number of methoxy groups -OCH3 is 1. The fraction of sp³-hybridized carbons (Fsp3) is 0.600. The average molecular weight is 284 g/mol. The molecule has 1 aromatic rings. The molecule has 1 aliphatic heterocycles. The Hall–Kier alpha value is -0.770. The van der Waals surface area contributed by atoms with E-state index in [2.05, 4.69) is 18.7 Å². The molecule has 3 nitrogen and oxygen atoms in total. The number of nitrogens with zero attached hydrogens (tertiary/aromatic N) is 1. The summed E-state index contributed by atoms with van der Waals surface area (Å²) in [5.74, 6) is 0.858. The zero-order valence-corrected chi connectivity index (χ0v) is 12.6. The van der Waals surface area contributed by atoms with Crippen molar-refractivity contribution < 1.29 is 9.47 Å². The summed E-state index contributed by atoms with van der Waals surface area (Å²) in [7, 11) is 1.68. The smallest absolute Gasteiger partial charge is 0.123 e. The number of halogens is 1. The summed E-state index contributed by atoms with van der Waals surface area (Å²) >= 11 is 6.56. The molecule has 0 saturated carbocycles. The zero-order valence-electron chi connectivity index (χ0n) is 11.8. The number of benzene rings is 1. The van der Waals surface area contributed by atoms with Crippen molar-refractivity contribution in [2.75, 3.05) is 26.7 Å². The SMILES string of the molecule is COc1ccccc1C(Cl)CN1CC(C)OC(C)C1. The Bertz CT molecular complexity index is 403. The molecule has 0 aliphatic carbocycles. The first-order valence-electron chi connectivity index (χ1n) is 6.75. The number of ether oxygens (including phenoxy) is 2. The van der Waals surface area contributed by atoms with Crippen LogP contribution >= 0.6 is 11.6 Å². The van der Waals surface area contributed by atoms with E-state index in [1.54, 1.807) is 7.11 Å². The van der Waals surface area contributed by atoms with E-state index >= 15 is 0 Å². The van der Waals surface area contributed by atoms with E-state index in [-0.39, 0.29) is 17.6 Å². The molecule has 1 saturated heterocycles. The molecule has 3 atom stereocenters. The van der Waals surface area contributed by atoms with Crippen molar-refractivity contribution in [1.29, 1.82) is 0 Å². The lowest BCUT2D eigenvalue weighted by atomic mass is 10.1. The average Bonchev–Trinajstić information content (AvgIpc) is 2.37. The predicted octanol–water partition coefficient (Wildman–Crippen LogP) is 3.08. The van der Waals surface area contributed by atoms with Gasteiger partial charge in [-0.05, 0) is 19.9 Å². The summed E-state index contributed by atoms with van der Waals surface area (Å²) in [6, 6.07) is 7.95.